The molecule has 2 aromatic carbocycles. The molecule has 0 atom stereocenters. The Kier molecular flexibility index (Phi) is 6.14. The average Bonchev–Trinajstić information content (AvgIpc) is 2.73. The van der Waals surface area contributed by atoms with Crippen LogP contribution in [0.3, 0.4) is 0 Å². The topological polar surface area (TPSA) is 72.8 Å². The Morgan fingerprint density at radius 3 is 2.59 bits per heavy atom. The minimum absolute atomic E-state index is 0.357. The Bertz CT molecular complexity index is 909. The fourth-order valence-corrected chi connectivity index (χ4v) is 2.33. The quantitative estimate of drug-likeness (QED) is 0.393. The number of nitrogens with one attached hydrogen (secondary N) is 1. The summed E-state index contributed by atoms with van der Waals surface area (Å²) >= 11 is 0. The van der Waals surface area contributed by atoms with E-state index in [1.165, 1.54) is 7.11 Å². The number of hydrazone groups is 1. The largest absolute Gasteiger partial charge is 0.488 e. The molecule has 0 unspecified atom stereocenters. The molecule has 0 aliphatic heterocycles. The van der Waals surface area contributed by atoms with Gasteiger partial charge in [-0.1, -0.05) is 30.3 Å². The minimum Gasteiger partial charge on any atom is -0.488 e. The van der Waals surface area contributed by atoms with Gasteiger partial charge in [0.1, 0.15) is 18.2 Å². The maximum Gasteiger partial charge on any atom is 0.337 e. The summed E-state index contributed by atoms with van der Waals surface area (Å²) in [6.45, 7) is 0.375. The smallest absolute Gasteiger partial charge is 0.337 e. The molecular formula is C21H19N3O3. The van der Waals surface area contributed by atoms with E-state index in [2.05, 4.69) is 15.5 Å². The van der Waals surface area contributed by atoms with E-state index in [9.17, 15) is 4.79 Å². The normalized spacial score (nSPS) is 10.6. The van der Waals surface area contributed by atoms with Gasteiger partial charge >= 0.3 is 5.97 Å². The van der Waals surface area contributed by atoms with Crippen LogP contribution in [0.4, 0.5) is 5.82 Å². The average molecular weight is 361 g/mol. The number of ether oxygens (including phenoxy) is 2. The fraction of sp³-hybridized carbons (Fsp3) is 0.0952. The van der Waals surface area contributed by atoms with Crippen LogP contribution in [0.5, 0.6) is 5.75 Å². The molecule has 6 nitrogen and oxygen atoms in total. The van der Waals surface area contributed by atoms with Crippen molar-refractivity contribution in [3.05, 3.63) is 89.6 Å². The number of rotatable bonds is 7. The van der Waals surface area contributed by atoms with E-state index >= 15 is 0 Å². The molecule has 0 saturated carbocycles. The van der Waals surface area contributed by atoms with Gasteiger partial charge in [-0.3, -0.25) is 5.43 Å². The van der Waals surface area contributed by atoms with Crippen molar-refractivity contribution in [1.29, 1.82) is 0 Å². The predicted octanol–water partition coefficient (Wildman–Crippen LogP) is 3.89. The summed E-state index contributed by atoms with van der Waals surface area (Å²) < 4.78 is 10.6. The van der Waals surface area contributed by atoms with E-state index in [1.807, 2.05) is 54.6 Å². The summed E-state index contributed by atoms with van der Waals surface area (Å²) in [4.78, 5) is 15.6. The van der Waals surface area contributed by atoms with Crippen LogP contribution in [0.25, 0.3) is 0 Å². The number of benzene rings is 2. The standard InChI is InChI=1S/C21H19N3O3/c1-26-21(25)17-11-9-16(10-12-17)15-27-19-7-3-2-6-18(19)14-23-24-20-8-4-5-13-22-20/h2-14H,15H2,1H3,(H,22,24)/b23-14+. The lowest BCUT2D eigenvalue weighted by atomic mass is 10.1. The van der Waals surface area contributed by atoms with Gasteiger partial charge in [0.15, 0.2) is 0 Å². The molecule has 6 heteroatoms. The zero-order valence-corrected chi connectivity index (χ0v) is 14.8. The van der Waals surface area contributed by atoms with Crippen molar-refractivity contribution in [1.82, 2.24) is 4.98 Å². The number of aromatic nitrogens is 1. The molecule has 0 aliphatic rings. The molecule has 0 radical (unpaired) electrons. The molecule has 1 N–H and O–H groups in total. The molecule has 0 bridgehead atoms. The van der Waals surface area contributed by atoms with Crippen LogP contribution in [-0.2, 0) is 11.3 Å². The van der Waals surface area contributed by atoms with E-state index in [4.69, 9.17) is 9.47 Å². The number of nitrogens with zero attached hydrogens (tertiary/aromatic N) is 2. The number of anilines is 1. The third-order valence-electron chi connectivity index (χ3n) is 3.74. The highest BCUT2D eigenvalue weighted by Crippen LogP contribution is 2.18. The number of pyridine rings is 1. The van der Waals surface area contributed by atoms with Gasteiger partial charge in [-0.2, -0.15) is 5.10 Å². The van der Waals surface area contributed by atoms with Gasteiger partial charge in [-0.25, -0.2) is 9.78 Å². The molecule has 3 aromatic rings. The Hall–Kier alpha value is -3.67. The molecular weight excluding hydrogens is 342 g/mol. The van der Waals surface area contributed by atoms with Crippen molar-refractivity contribution in [3.63, 3.8) is 0 Å². The number of hydrogen-bond acceptors (Lipinski definition) is 6. The fourth-order valence-electron chi connectivity index (χ4n) is 2.33. The minimum atomic E-state index is -0.357. The van der Waals surface area contributed by atoms with Gasteiger partial charge in [0.2, 0.25) is 0 Å². The van der Waals surface area contributed by atoms with Crippen molar-refractivity contribution in [2.75, 3.05) is 12.5 Å². The van der Waals surface area contributed by atoms with Crippen LogP contribution < -0.4 is 10.2 Å². The molecule has 136 valence electrons. The van der Waals surface area contributed by atoms with Gasteiger partial charge in [0, 0.05) is 11.8 Å². The first-order valence-electron chi connectivity index (χ1n) is 8.35. The molecule has 27 heavy (non-hydrogen) atoms. The van der Waals surface area contributed by atoms with Crippen molar-refractivity contribution in [2.24, 2.45) is 5.10 Å². The summed E-state index contributed by atoms with van der Waals surface area (Å²) in [5.41, 5.74) is 5.17. The Morgan fingerprint density at radius 1 is 1.07 bits per heavy atom. The van der Waals surface area contributed by atoms with Crippen molar-refractivity contribution < 1.29 is 14.3 Å². The summed E-state index contributed by atoms with van der Waals surface area (Å²) in [5.74, 6) is 1.02. The first kappa shape index (κ1) is 18.1. The second-order valence-corrected chi connectivity index (χ2v) is 5.60. The molecule has 0 fully saturated rings. The molecule has 3 rings (SSSR count). The first-order chi connectivity index (χ1) is 13.3. The zero-order valence-electron chi connectivity index (χ0n) is 14.8. The molecule has 0 aliphatic carbocycles. The maximum absolute atomic E-state index is 11.5. The maximum atomic E-state index is 11.5. The van der Waals surface area contributed by atoms with Crippen LogP contribution >= 0.6 is 0 Å². The van der Waals surface area contributed by atoms with Gasteiger partial charge in [0.25, 0.3) is 0 Å². The second kappa shape index (κ2) is 9.15. The van der Waals surface area contributed by atoms with E-state index in [1.54, 1.807) is 24.5 Å². The summed E-state index contributed by atoms with van der Waals surface area (Å²) in [6.07, 6.45) is 3.38. The monoisotopic (exact) mass is 361 g/mol. The Labute approximate surface area is 157 Å². The second-order valence-electron chi connectivity index (χ2n) is 5.60. The lowest BCUT2D eigenvalue weighted by Crippen LogP contribution is -2.02. The Balaban J connectivity index is 1.63. The highest BCUT2D eigenvalue weighted by Gasteiger charge is 2.05. The number of carbonyl (C=O) groups is 1. The lowest BCUT2D eigenvalue weighted by molar-refractivity contribution is 0.0600. The first-order valence-corrected chi connectivity index (χ1v) is 8.35. The van der Waals surface area contributed by atoms with Crippen LogP contribution in [0.1, 0.15) is 21.5 Å². The number of para-hydroxylation sites is 1. The van der Waals surface area contributed by atoms with Crippen molar-refractivity contribution >= 4 is 18.0 Å². The number of carbonyl (C=O) groups excluding carboxylic acids is 1. The molecule has 0 saturated heterocycles. The third-order valence-corrected chi connectivity index (χ3v) is 3.74. The number of esters is 1. The molecule has 1 aromatic heterocycles. The van der Waals surface area contributed by atoms with Gasteiger partial charge in [-0.05, 0) is 42.0 Å². The summed E-state index contributed by atoms with van der Waals surface area (Å²) in [7, 11) is 1.36. The van der Waals surface area contributed by atoms with Gasteiger partial charge < -0.3 is 9.47 Å². The Morgan fingerprint density at radius 2 is 1.85 bits per heavy atom. The molecule has 1 heterocycles. The van der Waals surface area contributed by atoms with Crippen LogP contribution in [0.2, 0.25) is 0 Å². The van der Waals surface area contributed by atoms with Crippen LogP contribution in [0.15, 0.2) is 78.0 Å². The van der Waals surface area contributed by atoms with Crippen molar-refractivity contribution in [2.45, 2.75) is 6.61 Å². The number of hydrogen-bond donors (Lipinski definition) is 1. The zero-order chi connectivity index (χ0) is 18.9. The highest BCUT2D eigenvalue weighted by atomic mass is 16.5. The van der Waals surface area contributed by atoms with E-state index < -0.39 is 0 Å². The van der Waals surface area contributed by atoms with Crippen molar-refractivity contribution in [3.8, 4) is 5.75 Å². The van der Waals surface area contributed by atoms with Crippen LogP contribution in [0, 0.1) is 0 Å². The molecule has 0 amide bonds. The number of methoxy groups -OCH3 is 1. The molecule has 0 spiro atoms. The summed E-state index contributed by atoms with van der Waals surface area (Å²) in [5, 5.41) is 4.20. The van der Waals surface area contributed by atoms with Gasteiger partial charge in [0.05, 0.1) is 18.9 Å². The summed E-state index contributed by atoms with van der Waals surface area (Å²) in [6, 6.07) is 20.3. The lowest BCUT2D eigenvalue weighted by Gasteiger charge is -2.09. The van der Waals surface area contributed by atoms with E-state index in [0.717, 1.165) is 11.1 Å². The van der Waals surface area contributed by atoms with Gasteiger partial charge in [-0.15, -0.1) is 0 Å². The highest BCUT2D eigenvalue weighted by molar-refractivity contribution is 5.89. The van der Waals surface area contributed by atoms with Crippen LogP contribution in [-0.4, -0.2) is 24.3 Å². The van der Waals surface area contributed by atoms with E-state index in [0.29, 0.717) is 23.7 Å². The SMILES string of the molecule is COC(=O)c1ccc(COc2ccccc2/C=N/Nc2ccccn2)cc1. The predicted molar refractivity (Wildman–Crippen MR) is 104 cm³/mol. The third kappa shape index (κ3) is 5.15. The van der Waals surface area contributed by atoms with E-state index in [-0.39, 0.29) is 5.97 Å².